The van der Waals surface area contributed by atoms with Crippen LogP contribution in [0.3, 0.4) is 0 Å². The van der Waals surface area contributed by atoms with Crippen molar-refractivity contribution in [2.24, 2.45) is 0 Å². The van der Waals surface area contributed by atoms with Crippen molar-refractivity contribution in [3.63, 3.8) is 0 Å². The van der Waals surface area contributed by atoms with Gasteiger partial charge in [-0.05, 0) is 152 Å². The molecule has 3 nitrogen and oxygen atoms in total. The smallest absolute Gasteiger partial charge is 0.246 e. The molecule has 264 valence electrons. The lowest BCUT2D eigenvalue weighted by Gasteiger charge is -2.25. The van der Waals surface area contributed by atoms with Crippen molar-refractivity contribution in [2.75, 3.05) is 26.3 Å². The van der Waals surface area contributed by atoms with E-state index in [1.54, 1.807) is 0 Å². The maximum absolute atomic E-state index is 12.4. The van der Waals surface area contributed by atoms with Gasteiger partial charge in [0.2, 0.25) is 5.91 Å². The van der Waals surface area contributed by atoms with E-state index in [4.69, 9.17) is 4.74 Å². The molecule has 0 saturated carbocycles. The minimum Gasteiger partial charge on any atom is -0.378 e. The molecule has 0 aromatic rings. The van der Waals surface area contributed by atoms with Crippen molar-refractivity contribution in [3.05, 3.63) is 93.2 Å². The molecule has 0 radical (unpaired) electrons. The summed E-state index contributed by atoms with van der Waals surface area (Å²) in [5.41, 5.74) is 11.6. The highest BCUT2D eigenvalue weighted by molar-refractivity contribution is 5.88. The van der Waals surface area contributed by atoms with Crippen LogP contribution in [-0.2, 0) is 9.53 Å². The number of morpholine rings is 1. The number of amides is 1. The lowest BCUT2D eigenvalue weighted by atomic mass is 10.0. The number of hydrogen-bond acceptors (Lipinski definition) is 2. The Hall–Kier alpha value is -2.65. The highest BCUT2D eigenvalue weighted by atomic mass is 16.5. The molecule has 0 N–H and O–H groups in total. The molecule has 1 aliphatic rings. The molecule has 0 aromatic heterocycles. The normalized spacial score (nSPS) is 16.2. The molecule has 0 spiro atoms. The van der Waals surface area contributed by atoms with E-state index >= 15 is 0 Å². The third kappa shape index (κ3) is 24.2. The summed E-state index contributed by atoms with van der Waals surface area (Å²) in [5, 5.41) is 0. The maximum Gasteiger partial charge on any atom is 0.246 e. The quantitative estimate of drug-likeness (QED) is 0.0866. The second kappa shape index (κ2) is 26.3. The van der Waals surface area contributed by atoms with Crippen LogP contribution in [0.4, 0.5) is 0 Å². The van der Waals surface area contributed by atoms with Crippen LogP contribution in [0.15, 0.2) is 93.2 Å². The van der Waals surface area contributed by atoms with E-state index in [1.165, 1.54) is 64.7 Å². The first-order chi connectivity index (χ1) is 22.5. The van der Waals surface area contributed by atoms with Crippen LogP contribution in [0.25, 0.3) is 0 Å². The van der Waals surface area contributed by atoms with Crippen molar-refractivity contribution in [1.29, 1.82) is 0 Å². The van der Waals surface area contributed by atoms with Crippen LogP contribution in [0.2, 0.25) is 0 Å². The molecular formula is C44H71NO2. The lowest BCUT2D eigenvalue weighted by Crippen LogP contribution is -2.39. The molecule has 0 unspecified atom stereocenters. The third-order valence-corrected chi connectivity index (χ3v) is 8.97. The standard InChI is InChI=1S/C44H71NO2/c1-36(2)17-10-18-37(3)19-11-20-38(4)21-12-22-39(5)23-13-24-40(6)25-14-26-41(7)27-15-28-42(8)29-16-30-43(9)35-44(46)45-31-33-47-34-32-45/h17,19,21,23,25,27,29,35H,10-16,18,20,22,24,26,28,30-34H2,1-9H3/b37-19+,38-21+,39-23-,40-25-,41-27-,42-29-,43-35-. The molecule has 1 fully saturated rings. The first-order valence-corrected chi connectivity index (χ1v) is 18.6. The van der Waals surface area contributed by atoms with Crippen LogP contribution in [-0.4, -0.2) is 37.1 Å². The summed E-state index contributed by atoms with van der Waals surface area (Å²) in [4.78, 5) is 14.3. The highest BCUT2D eigenvalue weighted by Gasteiger charge is 2.14. The summed E-state index contributed by atoms with van der Waals surface area (Å²) < 4.78 is 5.34. The first kappa shape index (κ1) is 42.4. The molecule has 47 heavy (non-hydrogen) atoms. The molecule has 1 saturated heterocycles. The van der Waals surface area contributed by atoms with E-state index in [0.717, 1.165) is 69.8 Å². The minimum atomic E-state index is 0.129. The average Bonchev–Trinajstić information content (AvgIpc) is 3.01. The highest BCUT2D eigenvalue weighted by Crippen LogP contribution is 2.17. The van der Waals surface area contributed by atoms with E-state index in [9.17, 15) is 4.79 Å². The summed E-state index contributed by atoms with van der Waals surface area (Å²) in [6.45, 7) is 22.8. The second-order valence-electron chi connectivity index (χ2n) is 14.3. The van der Waals surface area contributed by atoms with Gasteiger partial charge in [0.1, 0.15) is 0 Å². The monoisotopic (exact) mass is 646 g/mol. The molecular weight excluding hydrogens is 574 g/mol. The predicted molar refractivity (Wildman–Crippen MR) is 208 cm³/mol. The first-order valence-electron chi connectivity index (χ1n) is 18.6. The Morgan fingerprint density at radius 3 is 1.02 bits per heavy atom. The lowest BCUT2D eigenvalue weighted by molar-refractivity contribution is -0.130. The van der Waals surface area contributed by atoms with Crippen LogP contribution in [0.5, 0.6) is 0 Å². The van der Waals surface area contributed by atoms with Crippen molar-refractivity contribution >= 4 is 5.91 Å². The van der Waals surface area contributed by atoms with Gasteiger partial charge in [0, 0.05) is 19.2 Å². The Labute approximate surface area is 291 Å². The van der Waals surface area contributed by atoms with E-state index in [0.29, 0.717) is 26.3 Å². The molecule has 0 aromatic carbocycles. The molecule has 0 atom stereocenters. The molecule has 0 aliphatic carbocycles. The van der Waals surface area contributed by atoms with Crippen LogP contribution >= 0.6 is 0 Å². The number of nitrogens with zero attached hydrogens (tertiary/aromatic N) is 1. The van der Waals surface area contributed by atoms with Crippen LogP contribution in [0, 0.1) is 0 Å². The van der Waals surface area contributed by atoms with E-state index in [2.05, 4.69) is 105 Å². The van der Waals surface area contributed by atoms with Crippen LogP contribution in [0.1, 0.15) is 152 Å². The zero-order chi connectivity index (χ0) is 34.9. The number of carbonyl (C=O) groups is 1. The Balaban J connectivity index is 2.23. The van der Waals surface area contributed by atoms with E-state index < -0.39 is 0 Å². The van der Waals surface area contributed by atoms with Gasteiger partial charge >= 0.3 is 0 Å². The van der Waals surface area contributed by atoms with Gasteiger partial charge in [0.25, 0.3) is 0 Å². The van der Waals surface area contributed by atoms with E-state index in [1.807, 2.05) is 11.0 Å². The fourth-order valence-corrected chi connectivity index (χ4v) is 5.64. The summed E-state index contributed by atoms with van der Waals surface area (Å²) in [6.07, 6.45) is 34.4. The van der Waals surface area contributed by atoms with Gasteiger partial charge < -0.3 is 9.64 Å². The molecule has 1 amide bonds. The van der Waals surface area contributed by atoms with Gasteiger partial charge in [-0.25, -0.2) is 0 Å². The Kier molecular flexibility index (Phi) is 23.7. The van der Waals surface area contributed by atoms with Gasteiger partial charge in [0.15, 0.2) is 0 Å². The summed E-state index contributed by atoms with van der Waals surface area (Å²) >= 11 is 0. The number of allylic oxidation sites excluding steroid dienone is 15. The molecule has 1 rings (SSSR count). The van der Waals surface area contributed by atoms with Crippen molar-refractivity contribution in [2.45, 2.75) is 152 Å². The topological polar surface area (TPSA) is 29.5 Å². The minimum absolute atomic E-state index is 0.129. The zero-order valence-electron chi connectivity index (χ0n) is 32.1. The average molecular weight is 646 g/mol. The summed E-state index contributed by atoms with van der Waals surface area (Å²) in [6, 6.07) is 0. The van der Waals surface area contributed by atoms with Crippen molar-refractivity contribution in [1.82, 2.24) is 4.90 Å². The molecule has 0 bridgehead atoms. The van der Waals surface area contributed by atoms with Gasteiger partial charge in [-0.2, -0.15) is 0 Å². The molecule has 1 heterocycles. The molecule has 1 aliphatic heterocycles. The number of carbonyl (C=O) groups excluding carboxylic acids is 1. The van der Waals surface area contributed by atoms with Crippen molar-refractivity contribution < 1.29 is 9.53 Å². The van der Waals surface area contributed by atoms with E-state index in [-0.39, 0.29) is 5.91 Å². The van der Waals surface area contributed by atoms with Crippen molar-refractivity contribution in [3.8, 4) is 0 Å². The predicted octanol–water partition coefficient (Wildman–Crippen LogP) is 12.9. The van der Waals surface area contributed by atoms with Gasteiger partial charge in [0.05, 0.1) is 13.2 Å². The largest absolute Gasteiger partial charge is 0.378 e. The van der Waals surface area contributed by atoms with Gasteiger partial charge in [-0.3, -0.25) is 4.79 Å². The number of ether oxygens (including phenoxy) is 1. The SMILES string of the molecule is CC(C)=CCC/C(C)=C/CC/C(C)=C/CC/C(C)=C\CC/C(C)=C\CC/C(C)=C\CC/C(C)=C\CC/C(C)=C\C(=O)N1CCOCC1. The Bertz CT molecular complexity index is 1160. The summed E-state index contributed by atoms with van der Waals surface area (Å²) in [7, 11) is 0. The number of hydrogen-bond donors (Lipinski definition) is 0. The number of rotatable bonds is 22. The maximum atomic E-state index is 12.4. The van der Waals surface area contributed by atoms with Gasteiger partial charge in [-0.1, -0.05) is 87.1 Å². The fourth-order valence-electron chi connectivity index (χ4n) is 5.64. The fraction of sp³-hybridized carbons (Fsp3) is 0.614. The second-order valence-corrected chi connectivity index (χ2v) is 14.3. The zero-order valence-corrected chi connectivity index (χ0v) is 32.1. The third-order valence-electron chi connectivity index (χ3n) is 8.97. The Morgan fingerprint density at radius 1 is 0.447 bits per heavy atom. The van der Waals surface area contributed by atoms with Gasteiger partial charge in [-0.15, -0.1) is 0 Å². The summed E-state index contributed by atoms with van der Waals surface area (Å²) in [5.74, 6) is 0.129. The Morgan fingerprint density at radius 2 is 0.723 bits per heavy atom. The van der Waals surface area contributed by atoms with Crippen LogP contribution < -0.4 is 0 Å². The molecule has 3 heteroatoms.